The highest BCUT2D eigenvalue weighted by Gasteiger charge is 2.21. The van der Waals surface area contributed by atoms with Crippen LogP contribution in [0.15, 0.2) is 86.5 Å². The number of anilines is 3. The third-order valence-corrected chi connectivity index (χ3v) is 9.01. The molecule has 45 heavy (non-hydrogen) atoms. The number of hydrogen-bond donors (Lipinski definition) is 1. The Morgan fingerprint density at radius 3 is 2.24 bits per heavy atom. The number of piperazine rings is 2. The number of pyridine rings is 3. The molecule has 3 aliphatic rings. The second-order valence-corrected chi connectivity index (χ2v) is 12.1. The highest BCUT2D eigenvalue weighted by Crippen LogP contribution is 2.27. The Bertz CT molecular complexity index is 1810. The van der Waals surface area contributed by atoms with Crippen LogP contribution in [0.4, 0.5) is 17.5 Å². The molecule has 0 spiro atoms. The maximum absolute atomic E-state index is 4.77. The van der Waals surface area contributed by atoms with Gasteiger partial charge in [-0.3, -0.25) is 0 Å². The Hall–Kier alpha value is -5.02. The lowest BCUT2D eigenvalue weighted by molar-refractivity contribution is -0.423. The average molecular weight is 599 g/mol. The lowest BCUT2D eigenvalue weighted by Gasteiger charge is -2.38. The minimum Gasteiger partial charge on any atom is -0.368 e. The first-order valence-electron chi connectivity index (χ1n) is 15.6. The fourth-order valence-corrected chi connectivity index (χ4v) is 6.14. The fraction of sp³-hybridized carbons (Fsp3) is 0.278. The molecule has 0 atom stereocenters. The molecular weight excluding hydrogens is 558 g/mol. The molecule has 2 fully saturated rings. The van der Waals surface area contributed by atoms with Crippen molar-refractivity contribution in [3.63, 3.8) is 0 Å². The number of rotatable bonds is 8. The maximum atomic E-state index is 4.77. The van der Waals surface area contributed by atoms with Crippen molar-refractivity contribution in [2.45, 2.75) is 0 Å². The Morgan fingerprint density at radius 2 is 1.51 bits per heavy atom. The normalized spacial score (nSPS) is 17.1. The summed E-state index contributed by atoms with van der Waals surface area (Å²) in [5.41, 5.74) is 6.32. The molecule has 0 saturated carbocycles. The van der Waals surface area contributed by atoms with Gasteiger partial charge >= 0.3 is 0 Å². The highest BCUT2D eigenvalue weighted by molar-refractivity contribution is 6.11. The summed E-state index contributed by atoms with van der Waals surface area (Å²) in [6.07, 6.45) is 10.00. The number of aromatic nitrogens is 3. The second kappa shape index (κ2) is 12.2. The molecule has 4 aromatic rings. The van der Waals surface area contributed by atoms with Crippen molar-refractivity contribution in [1.29, 1.82) is 0 Å². The van der Waals surface area contributed by atoms with Crippen molar-refractivity contribution in [2.75, 3.05) is 81.6 Å². The highest BCUT2D eigenvalue weighted by atomic mass is 15.3. The van der Waals surface area contributed by atoms with Gasteiger partial charge in [0.05, 0.1) is 0 Å². The molecule has 0 aliphatic carbocycles. The van der Waals surface area contributed by atoms with Crippen LogP contribution in [0.1, 0.15) is 16.7 Å². The summed E-state index contributed by atoms with van der Waals surface area (Å²) < 4.78 is 2.06. The minimum absolute atomic E-state index is 0.768. The molecule has 9 heteroatoms. The number of hydrogen-bond acceptors (Lipinski definition) is 8. The number of likely N-dealkylation sites (N-methyl/N-ethyl adjacent to an activating group) is 1. The molecule has 3 aliphatic heterocycles. The monoisotopic (exact) mass is 598 g/mol. The van der Waals surface area contributed by atoms with E-state index < -0.39 is 0 Å². The maximum Gasteiger partial charge on any atom is 0.182 e. The zero-order valence-electron chi connectivity index (χ0n) is 26.2. The molecule has 0 amide bonds. The molecule has 3 aromatic heterocycles. The number of allylic oxidation sites excluding steroid dienone is 1. The van der Waals surface area contributed by atoms with Crippen LogP contribution in [0.5, 0.6) is 0 Å². The van der Waals surface area contributed by atoms with Crippen LogP contribution < -0.4 is 15.1 Å². The number of fused-ring (bicyclic) bond motifs is 1. The zero-order chi connectivity index (χ0) is 30.9. The lowest BCUT2D eigenvalue weighted by atomic mass is 10.0. The van der Waals surface area contributed by atoms with Gasteiger partial charge in [-0.15, -0.1) is 0 Å². The molecule has 228 valence electrons. The summed E-state index contributed by atoms with van der Waals surface area (Å²) in [7, 11) is 4.21. The van der Waals surface area contributed by atoms with Gasteiger partial charge in [0.2, 0.25) is 0 Å². The first-order chi connectivity index (χ1) is 21.9. The SMILES string of the molecule is C=C(Nc1cc2cc(C3=C[N+](C)=C3)ccc2cn1)c1ccnc(N2CCN(C(=C)c3ccc(N4CCN(C)CC4)nc3)CC2)c1. The molecule has 2 saturated heterocycles. The minimum atomic E-state index is 0.768. The van der Waals surface area contributed by atoms with Gasteiger partial charge < -0.3 is 24.9 Å². The molecule has 1 N–H and O–H groups in total. The molecule has 0 bridgehead atoms. The summed E-state index contributed by atoms with van der Waals surface area (Å²) >= 11 is 0. The van der Waals surface area contributed by atoms with Crippen molar-refractivity contribution in [3.8, 4) is 0 Å². The summed E-state index contributed by atoms with van der Waals surface area (Å²) in [5.74, 6) is 2.76. The van der Waals surface area contributed by atoms with Gasteiger partial charge in [0.1, 0.15) is 30.1 Å². The van der Waals surface area contributed by atoms with E-state index in [-0.39, 0.29) is 0 Å². The topological polar surface area (TPSA) is 66.7 Å². The van der Waals surface area contributed by atoms with Crippen LogP contribution in [0.3, 0.4) is 0 Å². The van der Waals surface area contributed by atoms with Crippen LogP contribution in [-0.4, -0.2) is 102 Å². The molecule has 6 heterocycles. The van der Waals surface area contributed by atoms with E-state index in [4.69, 9.17) is 9.97 Å². The van der Waals surface area contributed by atoms with Crippen LogP contribution >= 0.6 is 0 Å². The van der Waals surface area contributed by atoms with E-state index in [0.29, 0.717) is 0 Å². The molecule has 1 aromatic carbocycles. The molecule has 7 rings (SSSR count). The largest absolute Gasteiger partial charge is 0.368 e. The number of nitrogens with zero attached hydrogens (tertiary/aromatic N) is 8. The standard InChI is InChI=1S/C36H40N9/c1-26(40-34-20-32-19-29(33-24-42(4)25-33)5-6-31(32)23-38-34)28-9-10-37-36(21-28)45-17-15-43(16-18-45)27(2)30-7-8-35(39-22-30)44-13-11-41(3)12-14-44/h5-10,19-25H,1-2,11-18H2,3-4H3,(H,38,40)/q+1. The van der Waals surface area contributed by atoms with Gasteiger partial charge in [-0.2, -0.15) is 0 Å². The van der Waals surface area contributed by atoms with E-state index in [0.717, 1.165) is 103 Å². The zero-order valence-corrected chi connectivity index (χ0v) is 26.2. The van der Waals surface area contributed by atoms with Crippen molar-refractivity contribution in [2.24, 2.45) is 0 Å². The smallest absolute Gasteiger partial charge is 0.182 e. The van der Waals surface area contributed by atoms with Gasteiger partial charge in [0.15, 0.2) is 12.4 Å². The quantitative estimate of drug-likeness (QED) is 0.293. The third kappa shape index (κ3) is 6.17. The fourth-order valence-electron chi connectivity index (χ4n) is 6.14. The number of benzene rings is 1. The third-order valence-electron chi connectivity index (χ3n) is 9.01. The van der Waals surface area contributed by atoms with E-state index in [2.05, 4.69) is 110 Å². The molecular formula is C36H40N9+. The van der Waals surface area contributed by atoms with Gasteiger partial charge in [0.25, 0.3) is 0 Å². The summed E-state index contributed by atoms with van der Waals surface area (Å²) in [4.78, 5) is 23.5. The van der Waals surface area contributed by atoms with Gasteiger partial charge in [-0.25, -0.2) is 19.5 Å². The predicted molar refractivity (Wildman–Crippen MR) is 186 cm³/mol. The van der Waals surface area contributed by atoms with Crippen LogP contribution in [-0.2, 0) is 0 Å². The Balaban J connectivity index is 0.960. The van der Waals surface area contributed by atoms with E-state index >= 15 is 0 Å². The summed E-state index contributed by atoms with van der Waals surface area (Å²) in [5, 5.41) is 5.66. The first-order valence-corrected chi connectivity index (χ1v) is 15.6. The van der Waals surface area contributed by atoms with Gasteiger partial charge in [-0.1, -0.05) is 25.3 Å². The Morgan fingerprint density at radius 1 is 0.756 bits per heavy atom. The van der Waals surface area contributed by atoms with Crippen molar-refractivity contribution in [1.82, 2.24) is 24.8 Å². The first kappa shape index (κ1) is 28.7. The van der Waals surface area contributed by atoms with Crippen LogP contribution in [0.25, 0.3) is 27.7 Å². The van der Waals surface area contributed by atoms with E-state index in [1.165, 1.54) is 11.1 Å². The summed E-state index contributed by atoms with van der Waals surface area (Å²) in [6, 6.07) is 16.9. The predicted octanol–water partition coefficient (Wildman–Crippen LogP) is 4.72. The Labute approximate surface area is 265 Å². The van der Waals surface area contributed by atoms with E-state index in [9.17, 15) is 0 Å². The summed E-state index contributed by atoms with van der Waals surface area (Å²) in [6.45, 7) is 16.4. The van der Waals surface area contributed by atoms with Gasteiger partial charge in [-0.05, 0) is 54.4 Å². The molecule has 0 radical (unpaired) electrons. The van der Waals surface area contributed by atoms with E-state index in [1.807, 2.05) is 31.7 Å². The van der Waals surface area contributed by atoms with Crippen LogP contribution in [0, 0.1) is 0 Å². The van der Waals surface area contributed by atoms with Crippen molar-refractivity contribution in [3.05, 3.63) is 103 Å². The number of nitrogens with one attached hydrogen (secondary N) is 1. The average Bonchev–Trinajstić information content (AvgIpc) is 3.07. The Kier molecular flexibility index (Phi) is 7.77. The van der Waals surface area contributed by atoms with Crippen LogP contribution in [0.2, 0.25) is 0 Å². The second-order valence-electron chi connectivity index (χ2n) is 12.1. The molecule has 9 nitrogen and oxygen atoms in total. The van der Waals surface area contributed by atoms with E-state index in [1.54, 1.807) is 0 Å². The van der Waals surface area contributed by atoms with Gasteiger partial charge in [0, 0.05) is 98.9 Å². The molecule has 0 unspecified atom stereocenters. The van der Waals surface area contributed by atoms with Crippen molar-refractivity contribution < 1.29 is 4.58 Å². The van der Waals surface area contributed by atoms with Crippen molar-refractivity contribution >= 4 is 51.4 Å². The lowest BCUT2D eigenvalue weighted by Crippen LogP contribution is -2.45.